The molecule has 3 unspecified atom stereocenters. The van der Waals surface area contributed by atoms with Gasteiger partial charge in [-0.25, -0.2) is 0 Å². The molecule has 0 aromatic heterocycles. The van der Waals surface area contributed by atoms with E-state index in [4.69, 9.17) is 4.74 Å². The molecule has 2 saturated heterocycles. The monoisotopic (exact) mass is 373 g/mol. The molecule has 2 fully saturated rings. The number of hydrogen-bond donors (Lipinski definition) is 1. The summed E-state index contributed by atoms with van der Waals surface area (Å²) in [5, 5.41) is 3.18. The van der Waals surface area contributed by atoms with Gasteiger partial charge in [0, 0.05) is 45.0 Å². The van der Waals surface area contributed by atoms with E-state index in [0.717, 1.165) is 51.4 Å². The van der Waals surface area contributed by atoms with Crippen molar-refractivity contribution in [2.45, 2.75) is 58.1 Å². The number of rotatable bonds is 7. The second-order valence-electron chi connectivity index (χ2n) is 8.03. The summed E-state index contributed by atoms with van der Waals surface area (Å²) in [6.45, 7) is 12.3. The summed E-state index contributed by atoms with van der Waals surface area (Å²) in [6.07, 6.45) is 3.86. The first-order valence-corrected chi connectivity index (χ1v) is 10.6. The number of piperazine rings is 1. The standard InChI is InChI=1S/C22H35N3O2/c1-4-17(2)20-9-5-6-10-21(20)23-22(26)18(3)25-13-11-24(12-14-25)16-19-8-7-15-27-19/h5-6,9-10,17-19H,4,7-8,11-16H2,1-3H3,(H,23,26). The number of benzene rings is 1. The predicted molar refractivity (Wildman–Crippen MR) is 110 cm³/mol. The number of carbonyl (C=O) groups excluding carboxylic acids is 1. The maximum atomic E-state index is 12.8. The SMILES string of the molecule is CCC(C)c1ccccc1NC(=O)C(C)N1CCN(CC2CCCO2)CC1. The third-order valence-electron chi connectivity index (χ3n) is 6.18. The quantitative estimate of drug-likeness (QED) is 0.796. The minimum atomic E-state index is -0.111. The van der Waals surface area contributed by atoms with Crippen molar-refractivity contribution in [3.05, 3.63) is 29.8 Å². The van der Waals surface area contributed by atoms with Gasteiger partial charge in [0.25, 0.3) is 0 Å². The minimum Gasteiger partial charge on any atom is -0.377 e. The summed E-state index contributed by atoms with van der Waals surface area (Å²) in [5.41, 5.74) is 2.18. The maximum absolute atomic E-state index is 12.8. The van der Waals surface area contributed by atoms with Gasteiger partial charge in [0.05, 0.1) is 12.1 Å². The molecule has 2 heterocycles. The van der Waals surface area contributed by atoms with Crippen LogP contribution >= 0.6 is 0 Å². The third-order valence-corrected chi connectivity index (χ3v) is 6.18. The largest absolute Gasteiger partial charge is 0.377 e. The Balaban J connectivity index is 1.51. The molecule has 3 atom stereocenters. The lowest BCUT2D eigenvalue weighted by Crippen LogP contribution is -2.53. The van der Waals surface area contributed by atoms with Crippen LogP contribution < -0.4 is 5.32 Å². The number of nitrogens with one attached hydrogen (secondary N) is 1. The number of nitrogens with zero attached hydrogens (tertiary/aromatic N) is 2. The lowest BCUT2D eigenvalue weighted by molar-refractivity contribution is -0.121. The van der Waals surface area contributed by atoms with E-state index in [-0.39, 0.29) is 11.9 Å². The fraction of sp³-hybridized carbons (Fsp3) is 0.682. The van der Waals surface area contributed by atoms with E-state index in [1.807, 2.05) is 25.1 Å². The van der Waals surface area contributed by atoms with Gasteiger partial charge in [-0.2, -0.15) is 0 Å². The van der Waals surface area contributed by atoms with Gasteiger partial charge in [-0.15, -0.1) is 0 Å². The van der Waals surface area contributed by atoms with Crippen LogP contribution in [0.25, 0.3) is 0 Å². The topological polar surface area (TPSA) is 44.8 Å². The zero-order valence-corrected chi connectivity index (χ0v) is 17.1. The van der Waals surface area contributed by atoms with Crippen LogP contribution in [0.3, 0.4) is 0 Å². The highest BCUT2D eigenvalue weighted by molar-refractivity contribution is 5.95. The fourth-order valence-electron chi connectivity index (χ4n) is 4.07. The van der Waals surface area contributed by atoms with Crippen molar-refractivity contribution in [1.29, 1.82) is 0 Å². The molecule has 1 aromatic rings. The van der Waals surface area contributed by atoms with Crippen molar-refractivity contribution < 1.29 is 9.53 Å². The van der Waals surface area contributed by atoms with Crippen molar-refractivity contribution >= 4 is 11.6 Å². The van der Waals surface area contributed by atoms with Crippen LogP contribution in [0.1, 0.15) is 51.5 Å². The molecule has 5 heteroatoms. The van der Waals surface area contributed by atoms with Gasteiger partial charge in [-0.1, -0.05) is 32.0 Å². The highest BCUT2D eigenvalue weighted by Crippen LogP contribution is 2.26. The minimum absolute atomic E-state index is 0.0957. The molecule has 1 aromatic carbocycles. The van der Waals surface area contributed by atoms with Gasteiger partial charge in [0.2, 0.25) is 5.91 Å². The molecule has 0 saturated carbocycles. The Labute approximate surface area is 164 Å². The molecular formula is C22H35N3O2. The van der Waals surface area contributed by atoms with E-state index in [1.165, 1.54) is 18.4 Å². The van der Waals surface area contributed by atoms with Crippen molar-refractivity contribution in [3.63, 3.8) is 0 Å². The molecule has 2 aliphatic heterocycles. The summed E-state index contributed by atoms with van der Waals surface area (Å²) in [7, 11) is 0. The summed E-state index contributed by atoms with van der Waals surface area (Å²) >= 11 is 0. The van der Waals surface area contributed by atoms with Gasteiger partial charge >= 0.3 is 0 Å². The second kappa shape index (κ2) is 9.67. The molecule has 0 radical (unpaired) electrons. The molecule has 27 heavy (non-hydrogen) atoms. The van der Waals surface area contributed by atoms with Crippen LogP contribution in [0.5, 0.6) is 0 Å². The van der Waals surface area contributed by atoms with Crippen LogP contribution in [0.2, 0.25) is 0 Å². The highest BCUT2D eigenvalue weighted by Gasteiger charge is 2.28. The molecule has 3 rings (SSSR count). The average Bonchev–Trinajstić information content (AvgIpc) is 3.21. The number of hydrogen-bond acceptors (Lipinski definition) is 4. The number of ether oxygens (including phenoxy) is 1. The van der Waals surface area contributed by atoms with Crippen LogP contribution in [-0.4, -0.2) is 67.2 Å². The van der Waals surface area contributed by atoms with E-state index in [0.29, 0.717) is 12.0 Å². The molecule has 2 aliphatic rings. The molecular weight excluding hydrogens is 338 g/mol. The molecule has 0 aliphatic carbocycles. The summed E-state index contributed by atoms with van der Waals surface area (Å²) in [5.74, 6) is 0.538. The average molecular weight is 374 g/mol. The fourth-order valence-corrected chi connectivity index (χ4v) is 4.07. The lowest BCUT2D eigenvalue weighted by atomic mass is 9.97. The third kappa shape index (κ3) is 5.31. The van der Waals surface area contributed by atoms with E-state index in [2.05, 4.69) is 35.0 Å². The zero-order chi connectivity index (χ0) is 19.2. The Hall–Kier alpha value is -1.43. The maximum Gasteiger partial charge on any atom is 0.241 e. The highest BCUT2D eigenvalue weighted by atomic mass is 16.5. The summed E-state index contributed by atoms with van der Waals surface area (Å²) in [4.78, 5) is 17.6. The Morgan fingerprint density at radius 3 is 2.63 bits per heavy atom. The van der Waals surface area contributed by atoms with E-state index in [1.54, 1.807) is 0 Å². The predicted octanol–water partition coefficient (Wildman–Crippen LogP) is 3.32. The van der Waals surface area contributed by atoms with Gasteiger partial charge in [-0.05, 0) is 43.7 Å². The van der Waals surface area contributed by atoms with Crippen molar-refractivity contribution in [3.8, 4) is 0 Å². The number of carbonyl (C=O) groups is 1. The summed E-state index contributed by atoms with van der Waals surface area (Å²) in [6, 6.07) is 8.08. The van der Waals surface area contributed by atoms with Gasteiger partial charge < -0.3 is 10.1 Å². The van der Waals surface area contributed by atoms with Crippen molar-refractivity contribution in [2.75, 3.05) is 44.6 Å². The first kappa shape index (κ1) is 20.3. The zero-order valence-electron chi connectivity index (χ0n) is 17.1. The Bertz CT molecular complexity index is 607. The van der Waals surface area contributed by atoms with Crippen LogP contribution in [0, 0.1) is 0 Å². The smallest absolute Gasteiger partial charge is 0.241 e. The molecule has 1 amide bonds. The van der Waals surface area contributed by atoms with Crippen LogP contribution in [0.15, 0.2) is 24.3 Å². The Kier molecular flexibility index (Phi) is 7.27. The molecule has 5 nitrogen and oxygen atoms in total. The lowest BCUT2D eigenvalue weighted by Gasteiger charge is -2.38. The van der Waals surface area contributed by atoms with Crippen molar-refractivity contribution in [1.82, 2.24) is 9.80 Å². The first-order chi connectivity index (χ1) is 13.1. The molecule has 0 bridgehead atoms. The van der Waals surface area contributed by atoms with E-state index < -0.39 is 0 Å². The first-order valence-electron chi connectivity index (χ1n) is 10.6. The van der Waals surface area contributed by atoms with Gasteiger partial charge in [-0.3, -0.25) is 14.6 Å². The van der Waals surface area contributed by atoms with E-state index >= 15 is 0 Å². The van der Waals surface area contributed by atoms with Gasteiger partial charge in [0.1, 0.15) is 0 Å². The Morgan fingerprint density at radius 1 is 1.22 bits per heavy atom. The molecule has 150 valence electrons. The number of amides is 1. The summed E-state index contributed by atoms with van der Waals surface area (Å²) < 4.78 is 5.75. The number of para-hydroxylation sites is 1. The van der Waals surface area contributed by atoms with E-state index in [9.17, 15) is 4.79 Å². The molecule has 1 N–H and O–H groups in total. The normalized spacial score (nSPS) is 23.9. The molecule has 0 spiro atoms. The van der Waals surface area contributed by atoms with Gasteiger partial charge in [0.15, 0.2) is 0 Å². The number of anilines is 1. The van der Waals surface area contributed by atoms with Crippen LogP contribution in [-0.2, 0) is 9.53 Å². The second-order valence-corrected chi connectivity index (χ2v) is 8.03. The Morgan fingerprint density at radius 2 is 1.96 bits per heavy atom. The van der Waals surface area contributed by atoms with Crippen molar-refractivity contribution in [2.24, 2.45) is 0 Å². The van der Waals surface area contributed by atoms with Crippen LogP contribution in [0.4, 0.5) is 5.69 Å².